The van der Waals surface area contributed by atoms with E-state index in [0.29, 0.717) is 36.4 Å². The van der Waals surface area contributed by atoms with Crippen LogP contribution in [0.4, 0.5) is 0 Å². The third-order valence-corrected chi connectivity index (χ3v) is 3.66. The molecule has 0 spiro atoms. The van der Waals surface area contributed by atoms with Gasteiger partial charge >= 0.3 is 0 Å². The predicted octanol–water partition coefficient (Wildman–Crippen LogP) is 2.56. The normalized spacial score (nSPS) is 13.3. The summed E-state index contributed by atoms with van der Waals surface area (Å²) in [6.45, 7) is 5.02. The molecule has 0 saturated heterocycles. The Balaban J connectivity index is 1.79. The molecular formula is C16H16N4O3. The molecule has 0 atom stereocenters. The molecule has 23 heavy (non-hydrogen) atoms. The lowest BCUT2D eigenvalue weighted by atomic mass is 10.2. The van der Waals surface area contributed by atoms with Gasteiger partial charge in [-0.2, -0.15) is 5.10 Å². The van der Waals surface area contributed by atoms with Gasteiger partial charge in [0.1, 0.15) is 19.5 Å². The Morgan fingerprint density at radius 2 is 2.00 bits per heavy atom. The zero-order chi connectivity index (χ0) is 15.8. The number of oxazole rings is 1. The van der Waals surface area contributed by atoms with Crippen LogP contribution in [0.5, 0.6) is 11.5 Å². The van der Waals surface area contributed by atoms with E-state index in [0.717, 1.165) is 23.6 Å². The van der Waals surface area contributed by atoms with Gasteiger partial charge in [0.25, 0.3) is 0 Å². The topological polar surface area (TPSA) is 75.2 Å². The number of hydrogen-bond donors (Lipinski definition) is 0. The van der Waals surface area contributed by atoms with Gasteiger partial charge in [0, 0.05) is 12.5 Å². The van der Waals surface area contributed by atoms with Crippen molar-refractivity contribution in [3.8, 4) is 28.8 Å². The maximum absolute atomic E-state index is 5.79. The average molecular weight is 312 g/mol. The number of hydrogen-bond acceptors (Lipinski definition) is 6. The van der Waals surface area contributed by atoms with E-state index >= 15 is 0 Å². The molecular weight excluding hydrogens is 296 g/mol. The van der Waals surface area contributed by atoms with Crippen LogP contribution in [-0.4, -0.2) is 33.0 Å². The van der Waals surface area contributed by atoms with Crippen LogP contribution in [0.25, 0.3) is 17.3 Å². The van der Waals surface area contributed by atoms with E-state index in [1.165, 1.54) is 6.33 Å². The lowest BCUT2D eigenvalue weighted by Crippen LogP contribution is -2.15. The van der Waals surface area contributed by atoms with Crippen molar-refractivity contribution in [3.63, 3.8) is 0 Å². The molecule has 3 heterocycles. The highest BCUT2D eigenvalue weighted by Gasteiger charge is 2.19. The van der Waals surface area contributed by atoms with Crippen LogP contribution in [0.15, 0.2) is 28.9 Å². The number of aryl methyl sites for hydroxylation is 2. The summed E-state index contributed by atoms with van der Waals surface area (Å²) in [5.74, 6) is 3.39. The summed E-state index contributed by atoms with van der Waals surface area (Å²) in [6, 6.07) is 5.68. The Bertz CT molecular complexity index is 853. The standard InChI is InChI=1S/C16H16N4O3/c1-3-14-19-10(2)15(23-14)16-17-9-18-20(16)11-4-5-12-13(8-11)22-7-6-21-12/h4-5,8-9H,3,6-7H2,1-2H3. The van der Waals surface area contributed by atoms with E-state index in [-0.39, 0.29) is 0 Å². The lowest BCUT2D eigenvalue weighted by Gasteiger charge is -2.18. The first kappa shape index (κ1) is 13.8. The van der Waals surface area contributed by atoms with Crippen LogP contribution in [-0.2, 0) is 6.42 Å². The molecule has 7 heteroatoms. The molecule has 4 rings (SSSR count). The van der Waals surface area contributed by atoms with E-state index in [1.54, 1.807) is 4.68 Å². The minimum Gasteiger partial charge on any atom is -0.486 e. The van der Waals surface area contributed by atoms with Gasteiger partial charge in [-0.15, -0.1) is 0 Å². The third kappa shape index (κ3) is 2.34. The predicted molar refractivity (Wildman–Crippen MR) is 82.0 cm³/mol. The van der Waals surface area contributed by atoms with Crippen molar-refractivity contribution in [1.29, 1.82) is 0 Å². The molecule has 0 aliphatic carbocycles. The zero-order valence-corrected chi connectivity index (χ0v) is 12.9. The van der Waals surface area contributed by atoms with Crippen molar-refractivity contribution in [2.75, 3.05) is 13.2 Å². The van der Waals surface area contributed by atoms with E-state index < -0.39 is 0 Å². The lowest BCUT2D eigenvalue weighted by molar-refractivity contribution is 0.171. The molecule has 1 aliphatic rings. The Morgan fingerprint density at radius 3 is 2.78 bits per heavy atom. The minimum absolute atomic E-state index is 0.543. The Morgan fingerprint density at radius 1 is 1.17 bits per heavy atom. The molecule has 3 aromatic rings. The summed E-state index contributed by atoms with van der Waals surface area (Å²) in [7, 11) is 0. The second-order valence-corrected chi connectivity index (χ2v) is 5.20. The molecule has 0 saturated carbocycles. The van der Waals surface area contributed by atoms with Crippen molar-refractivity contribution >= 4 is 0 Å². The van der Waals surface area contributed by atoms with Crippen LogP contribution >= 0.6 is 0 Å². The molecule has 0 bridgehead atoms. The summed E-state index contributed by atoms with van der Waals surface area (Å²) in [5.41, 5.74) is 1.63. The smallest absolute Gasteiger partial charge is 0.201 e. The number of benzene rings is 1. The van der Waals surface area contributed by atoms with Crippen molar-refractivity contribution < 1.29 is 13.9 Å². The molecule has 1 aliphatic heterocycles. The van der Waals surface area contributed by atoms with Crippen molar-refractivity contribution in [2.45, 2.75) is 20.3 Å². The average Bonchev–Trinajstić information content (AvgIpc) is 3.20. The van der Waals surface area contributed by atoms with E-state index in [4.69, 9.17) is 13.9 Å². The number of aromatic nitrogens is 4. The molecule has 0 amide bonds. The summed E-state index contributed by atoms with van der Waals surface area (Å²) >= 11 is 0. The maximum atomic E-state index is 5.79. The van der Waals surface area contributed by atoms with Gasteiger partial charge in [0.15, 0.2) is 23.1 Å². The van der Waals surface area contributed by atoms with E-state index in [2.05, 4.69) is 15.1 Å². The highest BCUT2D eigenvalue weighted by molar-refractivity contribution is 5.56. The zero-order valence-electron chi connectivity index (χ0n) is 12.9. The first-order valence-corrected chi connectivity index (χ1v) is 7.53. The Kier molecular flexibility index (Phi) is 3.25. The van der Waals surface area contributed by atoms with Crippen molar-refractivity contribution in [2.24, 2.45) is 0 Å². The van der Waals surface area contributed by atoms with Crippen molar-refractivity contribution in [1.82, 2.24) is 19.7 Å². The van der Waals surface area contributed by atoms with Gasteiger partial charge in [-0.3, -0.25) is 0 Å². The second-order valence-electron chi connectivity index (χ2n) is 5.20. The molecule has 1 aromatic carbocycles. The summed E-state index contributed by atoms with van der Waals surface area (Å²) in [4.78, 5) is 8.73. The molecule has 0 radical (unpaired) electrons. The fourth-order valence-corrected chi connectivity index (χ4v) is 2.56. The van der Waals surface area contributed by atoms with Crippen LogP contribution in [0.3, 0.4) is 0 Å². The van der Waals surface area contributed by atoms with Crippen LogP contribution in [0, 0.1) is 6.92 Å². The quantitative estimate of drug-likeness (QED) is 0.740. The van der Waals surface area contributed by atoms with Gasteiger partial charge in [0.05, 0.1) is 11.4 Å². The van der Waals surface area contributed by atoms with Crippen molar-refractivity contribution in [3.05, 3.63) is 36.1 Å². The fraction of sp³-hybridized carbons (Fsp3) is 0.312. The molecule has 2 aromatic heterocycles. The fourth-order valence-electron chi connectivity index (χ4n) is 2.56. The van der Waals surface area contributed by atoms with Crippen LogP contribution in [0.1, 0.15) is 18.5 Å². The molecule has 0 N–H and O–H groups in total. The van der Waals surface area contributed by atoms with Gasteiger partial charge in [-0.1, -0.05) is 6.92 Å². The molecule has 7 nitrogen and oxygen atoms in total. The second kappa shape index (κ2) is 5.42. The van der Waals surface area contributed by atoms with E-state index in [1.807, 2.05) is 32.0 Å². The Hall–Kier alpha value is -2.83. The third-order valence-electron chi connectivity index (χ3n) is 3.66. The molecule has 0 unspecified atom stereocenters. The van der Waals surface area contributed by atoms with Gasteiger partial charge < -0.3 is 13.9 Å². The van der Waals surface area contributed by atoms with Crippen LogP contribution < -0.4 is 9.47 Å². The largest absolute Gasteiger partial charge is 0.486 e. The van der Waals surface area contributed by atoms with Gasteiger partial charge in [0.2, 0.25) is 5.82 Å². The van der Waals surface area contributed by atoms with E-state index in [9.17, 15) is 0 Å². The number of fused-ring (bicyclic) bond motifs is 1. The monoisotopic (exact) mass is 312 g/mol. The number of nitrogens with zero attached hydrogens (tertiary/aromatic N) is 4. The number of rotatable bonds is 3. The first-order valence-electron chi connectivity index (χ1n) is 7.53. The SMILES string of the molecule is CCc1nc(C)c(-c2ncnn2-c2ccc3c(c2)OCCO3)o1. The first-order chi connectivity index (χ1) is 11.3. The highest BCUT2D eigenvalue weighted by Crippen LogP contribution is 2.33. The van der Waals surface area contributed by atoms with Crippen LogP contribution in [0.2, 0.25) is 0 Å². The summed E-state index contributed by atoms with van der Waals surface area (Å²) in [5, 5.41) is 4.31. The summed E-state index contributed by atoms with van der Waals surface area (Å²) < 4.78 is 18.7. The molecule has 118 valence electrons. The van der Waals surface area contributed by atoms with Gasteiger partial charge in [-0.05, 0) is 19.1 Å². The Labute approximate surface area is 132 Å². The van der Waals surface area contributed by atoms with Gasteiger partial charge in [-0.25, -0.2) is 14.6 Å². The minimum atomic E-state index is 0.543. The number of ether oxygens (including phenoxy) is 2. The maximum Gasteiger partial charge on any atom is 0.201 e. The summed E-state index contributed by atoms with van der Waals surface area (Å²) in [6.07, 6.45) is 2.23. The molecule has 0 fully saturated rings. The highest BCUT2D eigenvalue weighted by atomic mass is 16.6.